The molecule has 0 spiro atoms. The van der Waals surface area contributed by atoms with Crippen LogP contribution in [0.5, 0.6) is 5.75 Å². The number of hydrogen-bond donors (Lipinski definition) is 0. The van der Waals surface area contributed by atoms with Crippen molar-refractivity contribution in [2.24, 2.45) is 0 Å². The van der Waals surface area contributed by atoms with Crippen molar-refractivity contribution in [3.8, 4) is 5.75 Å². The zero-order valence-electron chi connectivity index (χ0n) is 17.3. The summed E-state index contributed by atoms with van der Waals surface area (Å²) in [7, 11) is 1.58. The molecule has 1 fully saturated rings. The Morgan fingerprint density at radius 1 is 1.14 bits per heavy atom. The molecular formula is C22H28N4O3. The van der Waals surface area contributed by atoms with Gasteiger partial charge in [-0.2, -0.15) is 0 Å². The molecule has 0 atom stereocenters. The topological polar surface area (TPSA) is 66.0 Å². The van der Waals surface area contributed by atoms with Crippen molar-refractivity contribution in [3.05, 3.63) is 48.2 Å². The second-order valence-corrected chi connectivity index (χ2v) is 7.15. The van der Waals surface area contributed by atoms with Crippen LogP contribution < -0.4 is 14.5 Å². The predicted molar refractivity (Wildman–Crippen MR) is 113 cm³/mol. The van der Waals surface area contributed by atoms with Gasteiger partial charge in [-0.3, -0.25) is 9.59 Å². The maximum atomic E-state index is 12.7. The van der Waals surface area contributed by atoms with Gasteiger partial charge in [-0.1, -0.05) is 12.1 Å². The third-order valence-electron chi connectivity index (χ3n) is 5.16. The highest BCUT2D eigenvalue weighted by molar-refractivity contribution is 5.94. The van der Waals surface area contributed by atoms with Gasteiger partial charge in [0.05, 0.1) is 12.8 Å². The van der Waals surface area contributed by atoms with Crippen LogP contribution in [-0.2, 0) is 9.59 Å². The number of anilines is 2. The number of hydrogen-bond acceptors (Lipinski definition) is 5. The summed E-state index contributed by atoms with van der Waals surface area (Å²) in [6.45, 7) is 6.63. The molecular weight excluding hydrogens is 368 g/mol. The second kappa shape index (κ2) is 9.41. The molecule has 7 heteroatoms. The van der Waals surface area contributed by atoms with Crippen LogP contribution in [0.15, 0.2) is 42.6 Å². The van der Waals surface area contributed by atoms with Crippen molar-refractivity contribution in [2.45, 2.75) is 20.3 Å². The molecule has 1 aliphatic rings. The smallest absolute Gasteiger partial charge is 0.224 e. The van der Waals surface area contributed by atoms with Crippen molar-refractivity contribution in [3.63, 3.8) is 0 Å². The first kappa shape index (κ1) is 20.6. The largest absolute Gasteiger partial charge is 0.495 e. The van der Waals surface area contributed by atoms with E-state index in [2.05, 4.69) is 9.88 Å². The number of pyridine rings is 1. The summed E-state index contributed by atoms with van der Waals surface area (Å²) in [6.07, 6.45) is 2.06. The fraction of sp³-hybridized carbons (Fsp3) is 0.409. The number of aryl methyl sites for hydroxylation is 1. The molecule has 1 aliphatic heterocycles. The average Bonchev–Trinajstić information content (AvgIpc) is 2.74. The highest BCUT2D eigenvalue weighted by Crippen LogP contribution is 2.29. The number of carbonyl (C=O) groups excluding carboxylic acids is 2. The van der Waals surface area contributed by atoms with E-state index in [0.29, 0.717) is 31.1 Å². The van der Waals surface area contributed by atoms with E-state index in [1.807, 2.05) is 48.2 Å². The van der Waals surface area contributed by atoms with Gasteiger partial charge in [0, 0.05) is 52.3 Å². The Balaban J connectivity index is 1.59. The molecule has 1 saturated heterocycles. The van der Waals surface area contributed by atoms with E-state index in [1.165, 1.54) is 6.92 Å². The van der Waals surface area contributed by atoms with Crippen molar-refractivity contribution in [1.82, 2.24) is 9.88 Å². The van der Waals surface area contributed by atoms with Crippen LogP contribution in [0.4, 0.5) is 11.5 Å². The van der Waals surface area contributed by atoms with Gasteiger partial charge in [0.1, 0.15) is 11.6 Å². The van der Waals surface area contributed by atoms with Gasteiger partial charge in [0.25, 0.3) is 0 Å². The minimum Gasteiger partial charge on any atom is -0.495 e. The number of ether oxygens (including phenoxy) is 1. The van der Waals surface area contributed by atoms with Gasteiger partial charge in [0.15, 0.2) is 0 Å². The molecule has 0 unspecified atom stereocenters. The fourth-order valence-corrected chi connectivity index (χ4v) is 3.55. The van der Waals surface area contributed by atoms with Gasteiger partial charge in [-0.25, -0.2) is 4.98 Å². The zero-order valence-corrected chi connectivity index (χ0v) is 17.3. The standard InChI is InChI=1S/C22H28N4O3/c1-17-7-8-20(29-3)19(16-17)26(18(2)27)11-9-22(28)25-14-12-24(13-15-25)21-6-4-5-10-23-21/h4-8,10,16H,9,11-15H2,1-3H3. The van der Waals surface area contributed by atoms with Crippen LogP contribution in [0, 0.1) is 6.92 Å². The van der Waals surface area contributed by atoms with E-state index in [0.717, 1.165) is 24.5 Å². The van der Waals surface area contributed by atoms with Crippen molar-refractivity contribution >= 4 is 23.3 Å². The second-order valence-electron chi connectivity index (χ2n) is 7.15. The van der Waals surface area contributed by atoms with Gasteiger partial charge in [-0.05, 0) is 36.8 Å². The molecule has 3 rings (SSSR count). The average molecular weight is 396 g/mol. The van der Waals surface area contributed by atoms with Gasteiger partial charge >= 0.3 is 0 Å². The molecule has 0 aliphatic carbocycles. The maximum absolute atomic E-state index is 12.7. The minimum absolute atomic E-state index is 0.0588. The number of amides is 2. The van der Waals surface area contributed by atoms with Crippen molar-refractivity contribution < 1.29 is 14.3 Å². The molecule has 154 valence electrons. The third-order valence-corrected chi connectivity index (χ3v) is 5.16. The summed E-state index contributed by atoms with van der Waals surface area (Å²) in [5, 5.41) is 0. The summed E-state index contributed by atoms with van der Waals surface area (Å²) >= 11 is 0. The van der Waals surface area contributed by atoms with Crippen LogP contribution in [0.2, 0.25) is 0 Å². The Morgan fingerprint density at radius 2 is 1.90 bits per heavy atom. The molecule has 1 aromatic carbocycles. The summed E-state index contributed by atoms with van der Waals surface area (Å²) in [6, 6.07) is 11.5. The summed E-state index contributed by atoms with van der Waals surface area (Å²) in [5.41, 5.74) is 1.73. The van der Waals surface area contributed by atoms with E-state index in [-0.39, 0.29) is 18.2 Å². The lowest BCUT2D eigenvalue weighted by molar-refractivity contribution is -0.131. The van der Waals surface area contributed by atoms with E-state index < -0.39 is 0 Å². The van der Waals surface area contributed by atoms with Crippen LogP contribution >= 0.6 is 0 Å². The third kappa shape index (κ3) is 5.04. The molecule has 1 aromatic heterocycles. The highest BCUT2D eigenvalue weighted by atomic mass is 16.5. The Morgan fingerprint density at radius 3 is 2.52 bits per heavy atom. The summed E-state index contributed by atoms with van der Waals surface area (Å²) < 4.78 is 5.41. The number of nitrogens with zero attached hydrogens (tertiary/aromatic N) is 4. The molecule has 0 radical (unpaired) electrons. The molecule has 0 saturated carbocycles. The molecule has 7 nitrogen and oxygen atoms in total. The minimum atomic E-state index is -0.110. The van der Waals surface area contributed by atoms with Gasteiger partial charge in [-0.15, -0.1) is 0 Å². The molecule has 2 amide bonds. The lowest BCUT2D eigenvalue weighted by Gasteiger charge is -2.35. The van der Waals surface area contributed by atoms with E-state index in [9.17, 15) is 9.59 Å². The van der Waals surface area contributed by atoms with Gasteiger partial charge < -0.3 is 19.4 Å². The number of piperazine rings is 1. The quantitative estimate of drug-likeness (QED) is 0.751. The molecule has 0 N–H and O–H groups in total. The first-order valence-corrected chi connectivity index (χ1v) is 9.86. The normalized spacial score (nSPS) is 13.9. The number of methoxy groups -OCH3 is 1. The first-order chi connectivity index (χ1) is 14.0. The van der Waals surface area contributed by atoms with Crippen molar-refractivity contribution in [1.29, 1.82) is 0 Å². The van der Waals surface area contributed by atoms with E-state index in [4.69, 9.17) is 4.74 Å². The number of rotatable bonds is 6. The maximum Gasteiger partial charge on any atom is 0.224 e. The lowest BCUT2D eigenvalue weighted by atomic mass is 10.1. The Bertz CT molecular complexity index is 848. The molecule has 0 bridgehead atoms. The summed E-state index contributed by atoms with van der Waals surface area (Å²) in [5.74, 6) is 1.52. The van der Waals surface area contributed by atoms with Crippen LogP contribution in [-0.4, -0.2) is 61.5 Å². The summed E-state index contributed by atoms with van der Waals surface area (Å²) in [4.78, 5) is 35.0. The van der Waals surface area contributed by atoms with E-state index >= 15 is 0 Å². The van der Waals surface area contributed by atoms with Gasteiger partial charge in [0.2, 0.25) is 11.8 Å². The van der Waals surface area contributed by atoms with Crippen LogP contribution in [0.25, 0.3) is 0 Å². The molecule has 29 heavy (non-hydrogen) atoms. The SMILES string of the molecule is COc1ccc(C)cc1N(CCC(=O)N1CCN(c2ccccn2)CC1)C(C)=O. The molecule has 2 heterocycles. The Labute approximate surface area is 171 Å². The number of benzene rings is 1. The monoisotopic (exact) mass is 396 g/mol. The fourth-order valence-electron chi connectivity index (χ4n) is 3.55. The number of carbonyl (C=O) groups is 2. The lowest BCUT2D eigenvalue weighted by Crippen LogP contribution is -2.49. The predicted octanol–water partition coefficient (Wildman–Crippen LogP) is 2.49. The first-order valence-electron chi connectivity index (χ1n) is 9.86. The van der Waals surface area contributed by atoms with E-state index in [1.54, 1.807) is 18.2 Å². The zero-order chi connectivity index (χ0) is 20.8. The van der Waals surface area contributed by atoms with Crippen LogP contribution in [0.1, 0.15) is 18.9 Å². The highest BCUT2D eigenvalue weighted by Gasteiger charge is 2.23. The number of aromatic nitrogens is 1. The Kier molecular flexibility index (Phi) is 6.69. The Hall–Kier alpha value is -3.09. The van der Waals surface area contributed by atoms with Crippen LogP contribution in [0.3, 0.4) is 0 Å². The molecule has 2 aromatic rings. The van der Waals surface area contributed by atoms with Crippen molar-refractivity contribution in [2.75, 3.05) is 49.6 Å².